The zero-order chi connectivity index (χ0) is 22.0. The number of carbonyl (C=O) groups is 1. The molecule has 0 fully saturated rings. The number of hydrogen-bond acceptors (Lipinski definition) is 4. The van der Waals surface area contributed by atoms with Gasteiger partial charge < -0.3 is 5.32 Å². The van der Waals surface area contributed by atoms with Gasteiger partial charge in [-0.25, -0.2) is 4.98 Å². The number of carbonyl (C=O) groups excluding carboxylic acids is 1. The van der Waals surface area contributed by atoms with Crippen LogP contribution in [0.3, 0.4) is 0 Å². The maximum atomic E-state index is 13.2. The molecule has 156 valence electrons. The summed E-state index contributed by atoms with van der Waals surface area (Å²) < 4.78 is 1.50. The third kappa shape index (κ3) is 4.61. The third-order valence-corrected chi connectivity index (χ3v) is 6.30. The van der Waals surface area contributed by atoms with Gasteiger partial charge in [0.05, 0.1) is 22.3 Å². The van der Waals surface area contributed by atoms with Crippen molar-refractivity contribution >= 4 is 57.5 Å². The molecule has 8 heteroatoms. The van der Waals surface area contributed by atoms with Crippen molar-refractivity contribution in [2.75, 3.05) is 11.1 Å². The van der Waals surface area contributed by atoms with E-state index in [-0.39, 0.29) is 17.2 Å². The molecule has 4 rings (SSSR count). The summed E-state index contributed by atoms with van der Waals surface area (Å²) in [7, 11) is 0. The highest BCUT2D eigenvalue weighted by atomic mass is 35.5. The molecule has 31 heavy (non-hydrogen) atoms. The van der Waals surface area contributed by atoms with E-state index in [0.717, 1.165) is 5.56 Å². The Hall–Kier alpha value is -2.80. The predicted molar refractivity (Wildman–Crippen MR) is 128 cm³/mol. The molecule has 0 saturated carbocycles. The summed E-state index contributed by atoms with van der Waals surface area (Å²) in [5, 5.41) is 4.93. The smallest absolute Gasteiger partial charge is 0.266 e. The lowest BCUT2D eigenvalue weighted by atomic mass is 10.2. The van der Waals surface area contributed by atoms with Crippen molar-refractivity contribution in [1.82, 2.24) is 9.55 Å². The van der Waals surface area contributed by atoms with E-state index in [9.17, 15) is 9.59 Å². The molecule has 5 nitrogen and oxygen atoms in total. The molecule has 1 heterocycles. The number of thioether (sulfide) groups is 1. The summed E-state index contributed by atoms with van der Waals surface area (Å²) in [6.45, 7) is 1.84. The second-order valence-corrected chi connectivity index (χ2v) is 8.56. The number of nitrogens with zero attached hydrogens (tertiary/aromatic N) is 2. The molecule has 4 aromatic rings. The van der Waals surface area contributed by atoms with Crippen molar-refractivity contribution in [3.05, 3.63) is 92.7 Å². The fraction of sp³-hybridized carbons (Fsp3) is 0.0870. The number of hydrogen-bond donors (Lipinski definition) is 1. The van der Waals surface area contributed by atoms with Gasteiger partial charge in [-0.3, -0.25) is 14.2 Å². The van der Waals surface area contributed by atoms with Gasteiger partial charge >= 0.3 is 0 Å². The number of fused-ring (bicyclic) bond motifs is 1. The van der Waals surface area contributed by atoms with Gasteiger partial charge in [0.2, 0.25) is 5.91 Å². The van der Waals surface area contributed by atoms with E-state index in [1.807, 2.05) is 13.0 Å². The fourth-order valence-electron chi connectivity index (χ4n) is 3.09. The number of halogens is 2. The lowest BCUT2D eigenvalue weighted by molar-refractivity contribution is -0.113. The van der Waals surface area contributed by atoms with Crippen LogP contribution in [0.2, 0.25) is 10.0 Å². The predicted octanol–water partition coefficient (Wildman–Crippen LogP) is 5.73. The van der Waals surface area contributed by atoms with Crippen molar-refractivity contribution in [2.45, 2.75) is 12.1 Å². The van der Waals surface area contributed by atoms with Crippen LogP contribution in [0.25, 0.3) is 16.6 Å². The zero-order valence-corrected chi connectivity index (χ0v) is 18.8. The van der Waals surface area contributed by atoms with Crippen LogP contribution in [0.4, 0.5) is 5.69 Å². The van der Waals surface area contributed by atoms with Crippen LogP contribution in [0.1, 0.15) is 5.56 Å². The lowest BCUT2D eigenvalue weighted by Gasteiger charge is -2.14. The van der Waals surface area contributed by atoms with Gasteiger partial charge in [0, 0.05) is 15.7 Å². The molecule has 0 bridgehead atoms. The van der Waals surface area contributed by atoms with Gasteiger partial charge in [-0.05, 0) is 61.0 Å². The molecule has 0 unspecified atom stereocenters. The minimum Gasteiger partial charge on any atom is -0.325 e. The Morgan fingerprint density at radius 3 is 2.55 bits per heavy atom. The molecular formula is C23H17Cl2N3O2S. The molecule has 0 saturated heterocycles. The molecule has 3 aromatic carbocycles. The van der Waals surface area contributed by atoms with Gasteiger partial charge in [0.15, 0.2) is 5.16 Å². The molecule has 1 N–H and O–H groups in total. The van der Waals surface area contributed by atoms with E-state index in [2.05, 4.69) is 10.3 Å². The van der Waals surface area contributed by atoms with E-state index >= 15 is 0 Å². The van der Waals surface area contributed by atoms with Crippen LogP contribution in [0.15, 0.2) is 76.7 Å². The molecule has 0 radical (unpaired) electrons. The summed E-state index contributed by atoms with van der Waals surface area (Å²) in [4.78, 5) is 30.4. The number of anilines is 1. The summed E-state index contributed by atoms with van der Waals surface area (Å²) in [5.74, 6) is -0.148. The number of nitrogens with one attached hydrogen (secondary N) is 1. The maximum Gasteiger partial charge on any atom is 0.266 e. The first-order valence-electron chi connectivity index (χ1n) is 9.39. The van der Waals surface area contributed by atoms with Gasteiger partial charge in [-0.1, -0.05) is 53.2 Å². The van der Waals surface area contributed by atoms with Crippen molar-refractivity contribution in [1.29, 1.82) is 0 Å². The Kier molecular flexibility index (Phi) is 6.32. The van der Waals surface area contributed by atoms with Crippen LogP contribution in [0.5, 0.6) is 0 Å². The van der Waals surface area contributed by atoms with Crippen LogP contribution < -0.4 is 10.9 Å². The summed E-state index contributed by atoms with van der Waals surface area (Å²) >= 11 is 13.3. The normalized spacial score (nSPS) is 10.9. The second kappa shape index (κ2) is 9.14. The first-order chi connectivity index (χ1) is 14.9. The molecule has 0 spiro atoms. The molecule has 0 aliphatic heterocycles. The van der Waals surface area contributed by atoms with Crippen molar-refractivity contribution in [3.8, 4) is 5.69 Å². The standard InChI is InChI=1S/C23H17Cl2N3O2S/c1-14-18(25)6-4-8-19(14)26-21(29)13-31-23-27-20-7-3-2-5-17(20)22(30)28(23)16-11-9-15(24)10-12-16/h2-12H,13H2,1H3,(H,26,29). The Balaban J connectivity index is 1.67. The minimum absolute atomic E-state index is 0.0737. The van der Waals surface area contributed by atoms with E-state index in [1.165, 1.54) is 16.3 Å². The zero-order valence-electron chi connectivity index (χ0n) is 16.4. The van der Waals surface area contributed by atoms with Crippen LogP contribution >= 0.6 is 35.0 Å². The number of amides is 1. The summed E-state index contributed by atoms with van der Waals surface area (Å²) in [5.41, 5.74) is 2.44. The Bertz CT molecular complexity index is 1340. The highest BCUT2D eigenvalue weighted by molar-refractivity contribution is 7.99. The first-order valence-corrected chi connectivity index (χ1v) is 11.1. The molecule has 0 aliphatic rings. The van der Waals surface area contributed by atoms with Gasteiger partial charge in [0.1, 0.15) is 0 Å². The second-order valence-electron chi connectivity index (χ2n) is 6.78. The van der Waals surface area contributed by atoms with Crippen LogP contribution in [0, 0.1) is 6.92 Å². The van der Waals surface area contributed by atoms with Crippen molar-refractivity contribution in [3.63, 3.8) is 0 Å². The van der Waals surface area contributed by atoms with Crippen LogP contribution in [-0.4, -0.2) is 21.2 Å². The van der Waals surface area contributed by atoms with E-state index in [1.54, 1.807) is 60.7 Å². The topological polar surface area (TPSA) is 64.0 Å². The van der Waals surface area contributed by atoms with Gasteiger partial charge in [-0.15, -0.1) is 0 Å². The number of benzene rings is 3. The van der Waals surface area contributed by atoms with Crippen molar-refractivity contribution in [2.24, 2.45) is 0 Å². The fourth-order valence-corrected chi connectivity index (χ4v) is 4.20. The quantitative estimate of drug-likeness (QED) is 0.299. The Morgan fingerprint density at radius 2 is 1.77 bits per heavy atom. The van der Waals surface area contributed by atoms with E-state index in [4.69, 9.17) is 23.2 Å². The maximum absolute atomic E-state index is 13.2. The molecule has 1 aromatic heterocycles. The monoisotopic (exact) mass is 469 g/mol. The van der Waals surface area contributed by atoms with Crippen molar-refractivity contribution < 1.29 is 4.79 Å². The third-order valence-electron chi connectivity index (χ3n) is 4.70. The number of rotatable bonds is 5. The summed E-state index contributed by atoms with van der Waals surface area (Å²) in [6.07, 6.45) is 0. The average Bonchev–Trinajstić information content (AvgIpc) is 2.76. The number of aromatic nitrogens is 2. The number of para-hydroxylation sites is 1. The highest BCUT2D eigenvalue weighted by Crippen LogP contribution is 2.25. The van der Waals surface area contributed by atoms with Gasteiger partial charge in [0.25, 0.3) is 5.56 Å². The molecule has 1 amide bonds. The Morgan fingerprint density at radius 1 is 1.03 bits per heavy atom. The summed E-state index contributed by atoms with van der Waals surface area (Å²) in [6, 6.07) is 19.4. The molecule has 0 aliphatic carbocycles. The first kappa shape index (κ1) is 21.4. The molecule has 0 atom stereocenters. The minimum atomic E-state index is -0.222. The van der Waals surface area contributed by atoms with E-state index in [0.29, 0.717) is 37.5 Å². The molecular weight excluding hydrogens is 453 g/mol. The van der Waals surface area contributed by atoms with Crippen LogP contribution in [-0.2, 0) is 4.79 Å². The highest BCUT2D eigenvalue weighted by Gasteiger charge is 2.15. The SMILES string of the molecule is Cc1c(Cl)cccc1NC(=O)CSc1nc2ccccc2c(=O)n1-c1ccc(Cl)cc1. The largest absolute Gasteiger partial charge is 0.325 e. The van der Waals surface area contributed by atoms with E-state index < -0.39 is 0 Å². The average molecular weight is 470 g/mol. The lowest BCUT2D eigenvalue weighted by Crippen LogP contribution is -2.23. The van der Waals surface area contributed by atoms with Gasteiger partial charge in [-0.2, -0.15) is 0 Å². The Labute approximate surface area is 193 Å².